The van der Waals surface area contributed by atoms with Crippen LogP contribution in [-0.2, 0) is 0 Å². The Labute approximate surface area is 316 Å². The van der Waals surface area contributed by atoms with Gasteiger partial charge >= 0.3 is 0 Å². The molecule has 0 aliphatic carbocycles. The Morgan fingerprint density at radius 1 is 0.204 bits per heavy atom. The Balaban J connectivity index is 1.00. The summed E-state index contributed by atoms with van der Waals surface area (Å²) in [7, 11) is 0. The largest absolute Gasteiger partial charge is 0.256 e. The van der Waals surface area contributed by atoms with Gasteiger partial charge in [0.2, 0.25) is 0 Å². The second-order valence-electron chi connectivity index (χ2n) is 13.4. The van der Waals surface area contributed by atoms with E-state index >= 15 is 0 Å². The van der Waals surface area contributed by atoms with Crippen LogP contribution in [0.5, 0.6) is 0 Å². The predicted molar refractivity (Wildman–Crippen MR) is 226 cm³/mol. The first kappa shape index (κ1) is 32.7. The summed E-state index contributed by atoms with van der Waals surface area (Å²) in [6.45, 7) is 0. The Bertz CT molecular complexity index is 2490. The molecule has 54 heavy (non-hydrogen) atoms. The number of aromatic nitrogens is 2. The molecule has 2 heterocycles. The van der Waals surface area contributed by atoms with Crippen LogP contribution < -0.4 is 0 Å². The van der Waals surface area contributed by atoms with Crippen molar-refractivity contribution in [3.8, 4) is 89.3 Å². The molecule has 0 radical (unpaired) electrons. The molecule has 2 aromatic heterocycles. The van der Waals surface area contributed by atoms with Crippen LogP contribution in [0.2, 0.25) is 0 Å². The van der Waals surface area contributed by atoms with Crippen molar-refractivity contribution < 1.29 is 0 Å². The van der Waals surface area contributed by atoms with Gasteiger partial charge < -0.3 is 0 Å². The normalized spacial score (nSPS) is 11.0. The van der Waals surface area contributed by atoms with Gasteiger partial charge in [0.05, 0.1) is 11.4 Å². The average Bonchev–Trinajstić information content (AvgIpc) is 3.27. The predicted octanol–water partition coefficient (Wildman–Crippen LogP) is 13.8. The maximum absolute atomic E-state index is 4.94. The topological polar surface area (TPSA) is 25.8 Å². The zero-order valence-electron chi connectivity index (χ0n) is 29.7. The van der Waals surface area contributed by atoms with Gasteiger partial charge in [0.1, 0.15) is 0 Å². The Kier molecular flexibility index (Phi) is 8.99. The van der Waals surface area contributed by atoms with E-state index in [4.69, 9.17) is 9.97 Å². The first-order valence-electron chi connectivity index (χ1n) is 18.3. The molecule has 9 rings (SSSR count). The first-order chi connectivity index (χ1) is 26.8. The van der Waals surface area contributed by atoms with Gasteiger partial charge in [-0.25, -0.2) is 0 Å². The van der Waals surface area contributed by atoms with Crippen LogP contribution in [0.4, 0.5) is 0 Å². The molecule has 0 aliphatic heterocycles. The zero-order chi connectivity index (χ0) is 36.1. The third-order valence-electron chi connectivity index (χ3n) is 10.0. The lowest BCUT2D eigenvalue weighted by molar-refractivity contribution is 1.32. The minimum atomic E-state index is 0.954. The molecule has 0 atom stereocenters. The summed E-state index contributed by atoms with van der Waals surface area (Å²) in [4.78, 5) is 9.89. The molecule has 0 N–H and O–H groups in total. The first-order valence-corrected chi connectivity index (χ1v) is 18.3. The highest BCUT2D eigenvalue weighted by molar-refractivity contribution is 5.89. The fraction of sp³-hybridized carbons (Fsp3) is 0. The minimum absolute atomic E-state index is 0.954. The molecule has 0 bridgehead atoms. The molecule has 0 unspecified atom stereocenters. The lowest BCUT2D eigenvalue weighted by Gasteiger charge is -2.14. The van der Waals surface area contributed by atoms with Crippen molar-refractivity contribution >= 4 is 0 Å². The van der Waals surface area contributed by atoms with Crippen molar-refractivity contribution in [1.82, 2.24) is 9.97 Å². The Hall–Kier alpha value is -7.16. The number of hydrogen-bond acceptors (Lipinski definition) is 2. The maximum atomic E-state index is 4.94. The second kappa shape index (κ2) is 14.8. The van der Waals surface area contributed by atoms with Gasteiger partial charge in [0.15, 0.2) is 0 Å². The molecule has 0 saturated heterocycles. The van der Waals surface area contributed by atoms with Gasteiger partial charge in [-0.15, -0.1) is 0 Å². The molecule has 254 valence electrons. The summed E-state index contributed by atoms with van der Waals surface area (Å²) >= 11 is 0. The van der Waals surface area contributed by atoms with Gasteiger partial charge in [0.25, 0.3) is 0 Å². The Morgan fingerprint density at radius 2 is 0.519 bits per heavy atom. The van der Waals surface area contributed by atoms with E-state index in [9.17, 15) is 0 Å². The van der Waals surface area contributed by atoms with Crippen LogP contribution in [0.3, 0.4) is 0 Å². The van der Waals surface area contributed by atoms with Gasteiger partial charge in [0, 0.05) is 34.6 Å². The van der Waals surface area contributed by atoms with Gasteiger partial charge in [-0.05, 0) is 86.0 Å². The zero-order valence-corrected chi connectivity index (χ0v) is 29.7. The number of rotatable bonds is 8. The van der Waals surface area contributed by atoms with Crippen LogP contribution in [-0.4, -0.2) is 9.97 Å². The fourth-order valence-corrected chi connectivity index (χ4v) is 7.25. The van der Waals surface area contributed by atoms with Gasteiger partial charge in [-0.1, -0.05) is 176 Å². The van der Waals surface area contributed by atoms with E-state index in [0.717, 1.165) is 55.9 Å². The maximum Gasteiger partial charge on any atom is 0.0702 e. The second-order valence-corrected chi connectivity index (χ2v) is 13.4. The number of hydrogen-bond donors (Lipinski definition) is 0. The summed E-state index contributed by atoms with van der Waals surface area (Å²) in [5.41, 5.74) is 18.0. The van der Waals surface area contributed by atoms with Crippen LogP contribution in [0.15, 0.2) is 219 Å². The van der Waals surface area contributed by atoms with Crippen molar-refractivity contribution in [3.05, 3.63) is 219 Å². The van der Waals surface area contributed by atoms with Crippen molar-refractivity contribution in [2.24, 2.45) is 0 Å². The molecular weight excluding hydrogens is 653 g/mol. The van der Waals surface area contributed by atoms with Crippen LogP contribution in [0, 0.1) is 0 Å². The molecule has 2 nitrogen and oxygen atoms in total. The van der Waals surface area contributed by atoms with E-state index in [0.29, 0.717) is 0 Å². The monoisotopic (exact) mass is 688 g/mol. The van der Waals surface area contributed by atoms with E-state index in [1.807, 2.05) is 24.5 Å². The van der Waals surface area contributed by atoms with Crippen molar-refractivity contribution in [1.29, 1.82) is 0 Å². The van der Waals surface area contributed by atoms with E-state index in [-0.39, 0.29) is 0 Å². The van der Waals surface area contributed by atoms with E-state index < -0.39 is 0 Å². The molecule has 0 fully saturated rings. The molecule has 0 spiro atoms. The number of benzene rings is 7. The fourth-order valence-electron chi connectivity index (χ4n) is 7.25. The number of pyridine rings is 2. The summed E-state index contributed by atoms with van der Waals surface area (Å²) in [5.74, 6) is 0. The van der Waals surface area contributed by atoms with Gasteiger partial charge in [-0.2, -0.15) is 0 Å². The summed E-state index contributed by atoms with van der Waals surface area (Å²) in [6, 6.07) is 72.8. The highest BCUT2D eigenvalue weighted by atomic mass is 14.7. The smallest absolute Gasteiger partial charge is 0.0702 e. The number of nitrogens with zero attached hydrogens (tertiary/aromatic N) is 2. The quantitative estimate of drug-likeness (QED) is 0.159. The third kappa shape index (κ3) is 6.77. The minimum Gasteiger partial charge on any atom is -0.256 e. The van der Waals surface area contributed by atoms with Crippen LogP contribution in [0.1, 0.15) is 0 Å². The Morgan fingerprint density at radius 3 is 0.907 bits per heavy atom. The molecular formula is C52H36N2. The standard InChI is InChI=1S/C52H36N2/c1-3-14-37(15-4-1)39-18-11-22-43(32-39)51-30-28-45(35-53-51)49-26-9-7-24-47(49)41-20-13-21-42(34-41)48-25-8-10-27-50(48)46-29-31-52(54-36-46)44-23-12-19-40(33-44)38-16-5-2-6-17-38/h1-36H. The molecule has 7 aromatic carbocycles. The lowest BCUT2D eigenvalue weighted by atomic mass is 9.90. The molecule has 2 heteroatoms. The van der Waals surface area contributed by atoms with E-state index in [2.05, 4.69) is 194 Å². The summed E-state index contributed by atoms with van der Waals surface area (Å²) < 4.78 is 0. The SMILES string of the molecule is c1ccc(-c2cccc(-c3ccc(-c4ccccc4-c4cccc(-c5ccccc5-c5ccc(-c6cccc(-c7ccccc7)c6)nc5)c4)cn3)c2)cc1. The third-order valence-corrected chi connectivity index (χ3v) is 10.0. The van der Waals surface area contributed by atoms with E-state index in [1.165, 1.54) is 33.4 Å². The average molecular weight is 689 g/mol. The van der Waals surface area contributed by atoms with E-state index in [1.54, 1.807) is 0 Å². The summed E-state index contributed by atoms with van der Waals surface area (Å²) in [5, 5.41) is 0. The van der Waals surface area contributed by atoms with Crippen LogP contribution >= 0.6 is 0 Å². The molecule has 0 aliphatic rings. The molecule has 9 aromatic rings. The highest BCUT2D eigenvalue weighted by Crippen LogP contribution is 2.38. The van der Waals surface area contributed by atoms with Crippen molar-refractivity contribution in [3.63, 3.8) is 0 Å². The van der Waals surface area contributed by atoms with Crippen molar-refractivity contribution in [2.45, 2.75) is 0 Å². The lowest BCUT2D eigenvalue weighted by Crippen LogP contribution is -1.90. The highest BCUT2D eigenvalue weighted by Gasteiger charge is 2.13. The van der Waals surface area contributed by atoms with Crippen LogP contribution in [0.25, 0.3) is 89.3 Å². The van der Waals surface area contributed by atoms with Crippen molar-refractivity contribution in [2.75, 3.05) is 0 Å². The summed E-state index contributed by atoms with van der Waals surface area (Å²) in [6.07, 6.45) is 3.99. The molecule has 0 amide bonds. The van der Waals surface area contributed by atoms with Gasteiger partial charge in [-0.3, -0.25) is 9.97 Å². The molecule has 0 saturated carbocycles.